The van der Waals surface area contributed by atoms with E-state index in [4.69, 9.17) is 23.2 Å². The fraction of sp³-hybridized carbons (Fsp3) is 0.222. The molecule has 88 valence electrons. The Morgan fingerprint density at radius 1 is 1.38 bits per heavy atom. The van der Waals surface area contributed by atoms with Gasteiger partial charge in [0, 0.05) is 5.56 Å². The molecule has 0 amide bonds. The largest absolute Gasteiger partial charge is 0.455 e. The Balaban J connectivity index is 2.69. The van der Waals surface area contributed by atoms with Crippen molar-refractivity contribution in [3.05, 3.63) is 33.8 Å². The molecule has 7 heteroatoms. The zero-order valence-corrected chi connectivity index (χ0v) is 9.91. The fourth-order valence-electron chi connectivity index (χ4n) is 0.885. The first-order chi connectivity index (χ1) is 7.32. The number of carbonyl (C=O) groups is 1. The molecule has 0 bridgehead atoms. The Labute approximate surface area is 105 Å². The summed E-state index contributed by atoms with van der Waals surface area (Å²) in [4.78, 5) is 10.7. The molecule has 0 unspecified atom stereocenters. The third-order valence-electron chi connectivity index (χ3n) is 1.62. The predicted octanol–water partition coefficient (Wildman–Crippen LogP) is 3.87. The maximum Gasteiger partial charge on any atom is 0.417 e. The lowest BCUT2D eigenvalue weighted by Gasteiger charge is -2.09. The molecule has 0 aliphatic carbocycles. The van der Waals surface area contributed by atoms with Crippen LogP contribution in [0.25, 0.3) is 0 Å². The molecule has 0 atom stereocenters. The maximum atomic E-state index is 12.2. The van der Waals surface area contributed by atoms with Gasteiger partial charge in [0.05, 0.1) is 10.0 Å². The second-order valence-electron chi connectivity index (χ2n) is 2.79. The number of esters is 1. The summed E-state index contributed by atoms with van der Waals surface area (Å²) >= 11 is 15.9. The van der Waals surface area contributed by atoms with Crippen molar-refractivity contribution >= 4 is 40.8 Å². The molecule has 16 heavy (non-hydrogen) atoms. The van der Waals surface area contributed by atoms with Gasteiger partial charge in [0.25, 0.3) is 0 Å². The van der Waals surface area contributed by atoms with Crippen molar-refractivity contribution < 1.29 is 18.3 Å². The van der Waals surface area contributed by atoms with Crippen molar-refractivity contribution in [1.29, 1.82) is 0 Å². The topological polar surface area (TPSA) is 26.3 Å². The van der Waals surface area contributed by atoms with E-state index in [0.717, 1.165) is 0 Å². The summed E-state index contributed by atoms with van der Waals surface area (Å²) in [5.41, 5.74) is 0.323. The van der Waals surface area contributed by atoms with E-state index in [2.05, 4.69) is 16.3 Å². The van der Waals surface area contributed by atoms with Crippen LogP contribution in [0, 0.1) is 0 Å². The molecule has 0 heterocycles. The van der Waals surface area contributed by atoms with Gasteiger partial charge in [-0.05, 0) is 17.7 Å². The second kappa shape index (κ2) is 5.17. The van der Waals surface area contributed by atoms with Gasteiger partial charge in [0.2, 0.25) is 0 Å². The van der Waals surface area contributed by atoms with Crippen LogP contribution in [0.5, 0.6) is 0 Å². The Bertz CT molecular complexity index is 404. The highest BCUT2D eigenvalue weighted by atomic mass is 35.5. The molecule has 1 aromatic rings. The van der Waals surface area contributed by atoms with Gasteiger partial charge in [-0.2, -0.15) is 8.78 Å². The summed E-state index contributed by atoms with van der Waals surface area (Å²) < 4.78 is 28.7. The minimum Gasteiger partial charge on any atom is -0.455 e. The highest BCUT2D eigenvalue weighted by molar-refractivity contribution is 6.42. The molecule has 0 aliphatic heterocycles. The Kier molecular flexibility index (Phi) is 4.35. The molecule has 0 saturated carbocycles. The van der Waals surface area contributed by atoms with Crippen LogP contribution in [0.1, 0.15) is 5.56 Å². The van der Waals surface area contributed by atoms with Crippen LogP contribution in [-0.4, -0.2) is 11.4 Å². The molecule has 0 saturated heterocycles. The van der Waals surface area contributed by atoms with Gasteiger partial charge in [0.15, 0.2) is 0 Å². The van der Waals surface area contributed by atoms with Gasteiger partial charge < -0.3 is 4.74 Å². The van der Waals surface area contributed by atoms with Crippen LogP contribution < -0.4 is 0 Å². The van der Waals surface area contributed by atoms with Gasteiger partial charge in [-0.3, -0.25) is 0 Å². The quantitative estimate of drug-likeness (QED) is 0.624. The van der Waals surface area contributed by atoms with E-state index in [1.54, 1.807) is 6.07 Å². The van der Waals surface area contributed by atoms with E-state index in [0.29, 0.717) is 5.56 Å². The molecule has 0 spiro atoms. The summed E-state index contributed by atoms with van der Waals surface area (Å²) in [7, 11) is 0. The number of halogens is 5. The molecule has 1 rings (SSSR count). The molecule has 1 aromatic carbocycles. The maximum absolute atomic E-state index is 12.2. The van der Waals surface area contributed by atoms with E-state index < -0.39 is 18.0 Å². The third kappa shape index (κ3) is 3.47. The van der Waals surface area contributed by atoms with Crippen LogP contribution >= 0.6 is 34.8 Å². The second-order valence-corrected chi connectivity index (χ2v) is 4.05. The first-order valence-corrected chi connectivity index (χ1v) is 5.12. The van der Waals surface area contributed by atoms with Crippen molar-refractivity contribution in [2.75, 3.05) is 0 Å². The molecular weight excluding hydrogens is 284 g/mol. The Morgan fingerprint density at radius 3 is 2.56 bits per heavy atom. The number of hydrogen-bond acceptors (Lipinski definition) is 2. The third-order valence-corrected chi connectivity index (χ3v) is 2.63. The zero-order chi connectivity index (χ0) is 12.3. The van der Waals surface area contributed by atoms with Crippen molar-refractivity contribution in [1.82, 2.24) is 0 Å². The smallest absolute Gasteiger partial charge is 0.417 e. The van der Waals surface area contributed by atoms with Crippen LogP contribution in [0.15, 0.2) is 18.2 Å². The van der Waals surface area contributed by atoms with Gasteiger partial charge in [-0.25, -0.2) is 4.79 Å². The molecule has 2 nitrogen and oxygen atoms in total. The van der Waals surface area contributed by atoms with E-state index in [9.17, 15) is 13.6 Å². The zero-order valence-electron chi connectivity index (χ0n) is 7.65. The van der Waals surface area contributed by atoms with E-state index in [1.165, 1.54) is 12.1 Å². The first kappa shape index (κ1) is 13.5. The van der Waals surface area contributed by atoms with E-state index in [-0.39, 0.29) is 10.0 Å². The van der Waals surface area contributed by atoms with E-state index >= 15 is 0 Å². The molecule has 0 aromatic heterocycles. The van der Waals surface area contributed by atoms with E-state index in [1.807, 2.05) is 0 Å². The predicted molar refractivity (Wildman–Crippen MR) is 57.1 cm³/mol. The summed E-state index contributed by atoms with van der Waals surface area (Å²) in [6, 6.07) is 4.56. The SMILES string of the molecule is O=C(OCc1cccc(Cl)c1Cl)C(F)(F)Cl. The number of ether oxygens (including phenoxy) is 1. The van der Waals surface area contributed by atoms with Gasteiger partial charge >= 0.3 is 11.4 Å². The van der Waals surface area contributed by atoms with Crippen molar-refractivity contribution in [3.63, 3.8) is 0 Å². The van der Waals surface area contributed by atoms with Gasteiger partial charge in [-0.1, -0.05) is 35.3 Å². The lowest BCUT2D eigenvalue weighted by Crippen LogP contribution is -2.24. The molecule has 0 aliphatic rings. The van der Waals surface area contributed by atoms with Gasteiger partial charge in [-0.15, -0.1) is 0 Å². The molecule has 0 radical (unpaired) electrons. The standard InChI is InChI=1S/C9H5Cl3F2O2/c10-6-3-1-2-5(7(6)11)4-16-8(15)9(12,13)14/h1-3H,4H2. The molecule has 0 fully saturated rings. The first-order valence-electron chi connectivity index (χ1n) is 3.99. The minimum atomic E-state index is -4.04. The Hall–Kier alpha value is -0.580. The number of benzene rings is 1. The van der Waals surface area contributed by atoms with Crippen molar-refractivity contribution in [3.8, 4) is 0 Å². The lowest BCUT2D eigenvalue weighted by atomic mass is 10.2. The normalized spacial score (nSPS) is 11.3. The molecular formula is C9H5Cl3F2O2. The molecule has 0 N–H and O–H groups in total. The highest BCUT2D eigenvalue weighted by Crippen LogP contribution is 2.27. The van der Waals surface area contributed by atoms with Crippen LogP contribution in [-0.2, 0) is 16.1 Å². The minimum absolute atomic E-state index is 0.148. The average molecular weight is 289 g/mol. The summed E-state index contributed by atoms with van der Waals surface area (Å²) in [5.74, 6) is -1.83. The van der Waals surface area contributed by atoms with Crippen LogP contribution in [0.4, 0.5) is 8.78 Å². The summed E-state index contributed by atoms with van der Waals surface area (Å²) in [6.45, 7) is -0.416. The number of hydrogen-bond donors (Lipinski definition) is 0. The van der Waals surface area contributed by atoms with Crippen molar-refractivity contribution in [2.24, 2.45) is 0 Å². The lowest BCUT2D eigenvalue weighted by molar-refractivity contribution is -0.162. The van der Waals surface area contributed by atoms with Crippen LogP contribution in [0.3, 0.4) is 0 Å². The number of carbonyl (C=O) groups excluding carboxylic acids is 1. The average Bonchev–Trinajstić information content (AvgIpc) is 2.18. The van der Waals surface area contributed by atoms with Gasteiger partial charge in [0.1, 0.15) is 6.61 Å². The summed E-state index contributed by atoms with van der Waals surface area (Å²) in [6.07, 6.45) is 0. The summed E-state index contributed by atoms with van der Waals surface area (Å²) in [5, 5.41) is -3.65. The van der Waals surface area contributed by atoms with Crippen LogP contribution in [0.2, 0.25) is 10.0 Å². The fourth-order valence-corrected chi connectivity index (χ4v) is 1.31. The van der Waals surface area contributed by atoms with Crippen molar-refractivity contribution in [2.45, 2.75) is 12.0 Å². The number of rotatable bonds is 3. The monoisotopic (exact) mass is 288 g/mol. The highest BCUT2D eigenvalue weighted by Gasteiger charge is 2.37. The number of alkyl halides is 3. The Morgan fingerprint density at radius 2 is 2.00 bits per heavy atom.